The molecule has 0 bridgehead atoms. The van der Waals surface area contributed by atoms with Crippen molar-refractivity contribution in [1.82, 2.24) is 4.37 Å². The number of ether oxygens (including phenoxy) is 2. The van der Waals surface area contributed by atoms with Crippen LogP contribution >= 0.6 is 11.5 Å². The zero-order valence-electron chi connectivity index (χ0n) is 11.7. The van der Waals surface area contributed by atoms with Gasteiger partial charge in [0.25, 0.3) is 0 Å². The van der Waals surface area contributed by atoms with Gasteiger partial charge in [0, 0.05) is 13.7 Å². The number of anilines is 2. The lowest BCUT2D eigenvalue weighted by atomic mass is 10.5. The Morgan fingerprint density at radius 1 is 1.35 bits per heavy atom. The van der Waals surface area contributed by atoms with Crippen LogP contribution in [0.3, 0.4) is 0 Å². The lowest BCUT2D eigenvalue weighted by Gasteiger charge is -2.08. The van der Waals surface area contributed by atoms with E-state index in [0.717, 1.165) is 11.5 Å². The first-order valence-electron chi connectivity index (χ1n) is 6.31. The molecule has 0 saturated carbocycles. The summed E-state index contributed by atoms with van der Waals surface area (Å²) >= 11 is 1.05. The molecule has 0 unspecified atom stereocenters. The maximum atomic E-state index is 12.1. The molecule has 7 nitrogen and oxygen atoms in total. The highest BCUT2D eigenvalue weighted by Gasteiger charge is 2.24. The van der Waals surface area contributed by atoms with E-state index in [1.54, 1.807) is 7.11 Å². The summed E-state index contributed by atoms with van der Waals surface area (Å²) in [5.41, 5.74) is 5.66. The van der Waals surface area contributed by atoms with Crippen molar-refractivity contribution in [3.8, 4) is 0 Å². The highest BCUT2D eigenvalue weighted by molar-refractivity contribution is 7.91. The average molecular weight is 323 g/mol. The molecule has 1 aromatic rings. The van der Waals surface area contributed by atoms with Gasteiger partial charge in [-0.05, 0) is 18.0 Å². The van der Waals surface area contributed by atoms with E-state index in [1.165, 1.54) is 0 Å². The molecule has 0 spiro atoms. The molecule has 0 aliphatic rings. The Balaban J connectivity index is 2.59. The summed E-state index contributed by atoms with van der Waals surface area (Å²) in [7, 11) is -1.78. The molecule has 0 aliphatic carbocycles. The second kappa shape index (κ2) is 8.40. The van der Waals surface area contributed by atoms with E-state index in [1.807, 2.05) is 6.92 Å². The van der Waals surface area contributed by atoms with Gasteiger partial charge in [-0.15, -0.1) is 0 Å². The van der Waals surface area contributed by atoms with Crippen molar-refractivity contribution >= 4 is 32.2 Å². The van der Waals surface area contributed by atoms with Crippen LogP contribution in [0.1, 0.15) is 13.3 Å². The standard InChI is InChI=1S/C11H21N3O4S2/c1-3-8-20(15,16)9-10(12)14-19-11(9)13-4-5-18-7-6-17-2/h13H,3-8H2,1-2H3,(H2,12,14). The van der Waals surface area contributed by atoms with E-state index in [0.29, 0.717) is 37.8 Å². The summed E-state index contributed by atoms with van der Waals surface area (Å²) in [6.07, 6.45) is 0.539. The Morgan fingerprint density at radius 2 is 2.10 bits per heavy atom. The number of methoxy groups -OCH3 is 1. The molecule has 0 atom stereocenters. The first-order valence-corrected chi connectivity index (χ1v) is 8.74. The molecule has 1 rings (SSSR count). The zero-order valence-corrected chi connectivity index (χ0v) is 13.3. The van der Waals surface area contributed by atoms with Gasteiger partial charge >= 0.3 is 0 Å². The van der Waals surface area contributed by atoms with Crippen LogP contribution in [0.2, 0.25) is 0 Å². The van der Waals surface area contributed by atoms with Gasteiger partial charge < -0.3 is 20.5 Å². The predicted molar refractivity (Wildman–Crippen MR) is 80.1 cm³/mol. The van der Waals surface area contributed by atoms with Crippen LogP contribution in [0.5, 0.6) is 0 Å². The molecular weight excluding hydrogens is 302 g/mol. The number of hydrogen-bond donors (Lipinski definition) is 2. The Bertz CT molecular complexity index is 502. The van der Waals surface area contributed by atoms with Crippen LogP contribution in [0, 0.1) is 0 Å². The first-order chi connectivity index (χ1) is 9.53. The molecule has 0 radical (unpaired) electrons. The van der Waals surface area contributed by atoms with Gasteiger partial charge in [0.15, 0.2) is 15.7 Å². The van der Waals surface area contributed by atoms with Crippen LogP contribution in [0.15, 0.2) is 4.90 Å². The third-order valence-corrected chi connectivity index (χ3v) is 5.35. The fourth-order valence-corrected chi connectivity index (χ4v) is 4.21. The summed E-state index contributed by atoms with van der Waals surface area (Å²) in [5, 5.41) is 3.48. The third-order valence-electron chi connectivity index (χ3n) is 2.42. The topological polar surface area (TPSA) is 104 Å². The molecule has 0 fully saturated rings. The fraction of sp³-hybridized carbons (Fsp3) is 0.727. The predicted octanol–water partition coefficient (Wildman–Crippen LogP) is 0.984. The maximum Gasteiger partial charge on any atom is 0.185 e. The molecule has 1 aromatic heterocycles. The van der Waals surface area contributed by atoms with Gasteiger partial charge in [-0.25, -0.2) is 8.42 Å². The summed E-state index contributed by atoms with van der Waals surface area (Å²) in [6, 6.07) is 0. The molecule has 0 aliphatic heterocycles. The van der Waals surface area contributed by atoms with E-state index >= 15 is 0 Å². The summed E-state index contributed by atoms with van der Waals surface area (Å²) < 4.78 is 38.3. The van der Waals surface area contributed by atoms with Gasteiger partial charge in [0.1, 0.15) is 9.90 Å². The Hall–Kier alpha value is -0.900. The van der Waals surface area contributed by atoms with Crippen molar-refractivity contribution in [2.75, 3.05) is 50.3 Å². The molecule has 9 heteroatoms. The molecule has 0 aromatic carbocycles. The van der Waals surface area contributed by atoms with Gasteiger partial charge in [-0.1, -0.05) is 6.92 Å². The van der Waals surface area contributed by atoms with Crippen LogP contribution < -0.4 is 11.1 Å². The molecule has 1 heterocycles. The van der Waals surface area contributed by atoms with Crippen molar-refractivity contribution < 1.29 is 17.9 Å². The maximum absolute atomic E-state index is 12.1. The molecule has 0 saturated heterocycles. The van der Waals surface area contributed by atoms with Crippen molar-refractivity contribution in [1.29, 1.82) is 0 Å². The highest BCUT2D eigenvalue weighted by Crippen LogP contribution is 2.32. The lowest BCUT2D eigenvalue weighted by molar-refractivity contribution is 0.0759. The molecular formula is C11H21N3O4S2. The number of nitrogens with one attached hydrogen (secondary N) is 1. The van der Waals surface area contributed by atoms with Crippen molar-refractivity contribution in [3.63, 3.8) is 0 Å². The van der Waals surface area contributed by atoms with Gasteiger partial charge in [0.2, 0.25) is 0 Å². The normalized spacial score (nSPS) is 11.7. The van der Waals surface area contributed by atoms with E-state index in [4.69, 9.17) is 15.2 Å². The molecule has 20 heavy (non-hydrogen) atoms. The number of nitrogens with two attached hydrogens (primary N) is 1. The van der Waals surface area contributed by atoms with Crippen LogP contribution in [0.25, 0.3) is 0 Å². The number of sulfone groups is 1. The SMILES string of the molecule is CCCS(=O)(=O)c1c(N)nsc1NCCOCCOC. The van der Waals surface area contributed by atoms with E-state index in [9.17, 15) is 8.42 Å². The number of aromatic nitrogens is 1. The van der Waals surface area contributed by atoms with Crippen LogP contribution in [-0.4, -0.2) is 52.0 Å². The Morgan fingerprint density at radius 3 is 2.75 bits per heavy atom. The van der Waals surface area contributed by atoms with E-state index in [-0.39, 0.29) is 16.5 Å². The highest BCUT2D eigenvalue weighted by atomic mass is 32.2. The largest absolute Gasteiger partial charge is 0.382 e. The van der Waals surface area contributed by atoms with Crippen molar-refractivity contribution in [3.05, 3.63) is 0 Å². The van der Waals surface area contributed by atoms with Gasteiger partial charge in [0.05, 0.1) is 25.6 Å². The summed E-state index contributed by atoms with van der Waals surface area (Å²) in [4.78, 5) is 0.112. The van der Waals surface area contributed by atoms with Crippen LogP contribution in [0.4, 0.5) is 10.8 Å². The minimum atomic E-state index is -3.38. The smallest absolute Gasteiger partial charge is 0.185 e. The molecule has 116 valence electrons. The first kappa shape index (κ1) is 17.2. The third kappa shape index (κ3) is 4.89. The average Bonchev–Trinajstić information content (AvgIpc) is 2.75. The van der Waals surface area contributed by atoms with Crippen molar-refractivity contribution in [2.24, 2.45) is 0 Å². The second-order valence-electron chi connectivity index (χ2n) is 4.08. The number of nitrogens with zero attached hydrogens (tertiary/aromatic N) is 1. The van der Waals surface area contributed by atoms with Crippen LogP contribution in [-0.2, 0) is 19.3 Å². The van der Waals surface area contributed by atoms with Crippen molar-refractivity contribution in [2.45, 2.75) is 18.2 Å². The number of rotatable bonds is 10. The lowest BCUT2D eigenvalue weighted by Crippen LogP contribution is -2.14. The summed E-state index contributed by atoms with van der Waals surface area (Å²) in [5.74, 6) is 0.125. The minimum absolute atomic E-state index is 0.0613. The van der Waals surface area contributed by atoms with Gasteiger partial charge in [-0.2, -0.15) is 4.37 Å². The second-order valence-corrected chi connectivity index (χ2v) is 6.90. The summed E-state index contributed by atoms with van der Waals surface area (Å²) in [6.45, 7) is 3.78. The Kier molecular flexibility index (Phi) is 7.20. The number of hydrogen-bond acceptors (Lipinski definition) is 8. The quantitative estimate of drug-likeness (QED) is 0.619. The minimum Gasteiger partial charge on any atom is -0.382 e. The Labute approximate surface area is 123 Å². The van der Waals surface area contributed by atoms with Gasteiger partial charge in [-0.3, -0.25) is 0 Å². The van der Waals surface area contributed by atoms with E-state index in [2.05, 4.69) is 9.69 Å². The molecule has 3 N–H and O–H groups in total. The fourth-order valence-electron chi connectivity index (χ4n) is 1.56. The monoisotopic (exact) mass is 323 g/mol. The van der Waals surface area contributed by atoms with E-state index < -0.39 is 9.84 Å². The number of nitrogen functional groups attached to an aromatic ring is 1. The zero-order chi connectivity index (χ0) is 15.0. The molecule has 0 amide bonds.